The molecule has 134 valence electrons. The molecule has 2 aromatic rings. The van der Waals surface area contributed by atoms with Crippen molar-refractivity contribution in [3.05, 3.63) is 59.8 Å². The van der Waals surface area contributed by atoms with Gasteiger partial charge in [0.15, 0.2) is 11.5 Å². The van der Waals surface area contributed by atoms with Crippen molar-refractivity contribution < 1.29 is 14.2 Å². The predicted molar refractivity (Wildman–Crippen MR) is 105 cm³/mol. The summed E-state index contributed by atoms with van der Waals surface area (Å²) in [6.07, 6.45) is 0. The van der Waals surface area contributed by atoms with Crippen LogP contribution >= 0.6 is 23.4 Å². The van der Waals surface area contributed by atoms with Crippen LogP contribution in [0.1, 0.15) is 6.92 Å². The summed E-state index contributed by atoms with van der Waals surface area (Å²) in [6, 6.07) is 13.1. The molecule has 0 fully saturated rings. The van der Waals surface area contributed by atoms with Crippen LogP contribution in [-0.4, -0.2) is 25.6 Å². The minimum Gasteiger partial charge on any atom is -0.495 e. The second-order valence-corrected chi connectivity index (χ2v) is 6.72. The standard InChI is InChI=1S/C19H22ClNO3S/c1-3-22-14(2)13-24-19-12-16(21)6-9-18(19)23-10-11-25-17-7-4-15(20)5-8-17/h4-9,12H,2-3,10-11,13,21H2,1H3. The van der Waals surface area contributed by atoms with Gasteiger partial charge in [0.05, 0.1) is 13.2 Å². The first-order chi connectivity index (χ1) is 12.1. The maximum atomic E-state index is 5.88. The summed E-state index contributed by atoms with van der Waals surface area (Å²) in [5, 5.41) is 0.734. The van der Waals surface area contributed by atoms with Crippen molar-refractivity contribution in [2.45, 2.75) is 11.8 Å². The number of nitrogen functional groups attached to an aromatic ring is 1. The molecule has 2 aromatic carbocycles. The average molecular weight is 380 g/mol. The molecule has 0 radical (unpaired) electrons. The Morgan fingerprint density at radius 3 is 2.60 bits per heavy atom. The Morgan fingerprint density at radius 1 is 1.12 bits per heavy atom. The van der Waals surface area contributed by atoms with E-state index >= 15 is 0 Å². The highest BCUT2D eigenvalue weighted by molar-refractivity contribution is 7.99. The average Bonchev–Trinajstić information content (AvgIpc) is 2.60. The fraction of sp³-hybridized carbons (Fsp3) is 0.263. The fourth-order valence-electron chi connectivity index (χ4n) is 2.00. The van der Waals surface area contributed by atoms with Crippen LogP contribution in [0.5, 0.6) is 11.5 Å². The van der Waals surface area contributed by atoms with E-state index in [0.717, 1.165) is 15.7 Å². The van der Waals surface area contributed by atoms with Crippen molar-refractivity contribution in [2.24, 2.45) is 0 Å². The molecule has 0 aliphatic rings. The number of hydrogen-bond donors (Lipinski definition) is 1. The number of halogens is 1. The highest BCUT2D eigenvalue weighted by Gasteiger charge is 2.07. The lowest BCUT2D eigenvalue weighted by atomic mass is 10.3. The van der Waals surface area contributed by atoms with E-state index in [4.69, 9.17) is 31.5 Å². The number of nitrogens with two attached hydrogens (primary N) is 1. The Kier molecular flexibility index (Phi) is 7.82. The number of benzene rings is 2. The normalized spacial score (nSPS) is 10.3. The van der Waals surface area contributed by atoms with E-state index in [9.17, 15) is 0 Å². The molecule has 2 N–H and O–H groups in total. The molecule has 0 spiro atoms. The van der Waals surface area contributed by atoms with Crippen LogP contribution < -0.4 is 15.2 Å². The maximum absolute atomic E-state index is 5.88. The lowest BCUT2D eigenvalue weighted by molar-refractivity contribution is 0.179. The first-order valence-corrected chi connectivity index (χ1v) is 9.29. The van der Waals surface area contributed by atoms with Crippen molar-refractivity contribution in [3.63, 3.8) is 0 Å². The zero-order chi connectivity index (χ0) is 18.1. The first kappa shape index (κ1) is 19.3. The summed E-state index contributed by atoms with van der Waals surface area (Å²) in [5.74, 6) is 2.60. The summed E-state index contributed by atoms with van der Waals surface area (Å²) in [5.41, 5.74) is 6.44. The van der Waals surface area contributed by atoms with Crippen LogP contribution in [0.25, 0.3) is 0 Å². The minimum absolute atomic E-state index is 0.257. The van der Waals surface area contributed by atoms with Crippen molar-refractivity contribution in [2.75, 3.05) is 31.3 Å². The van der Waals surface area contributed by atoms with Gasteiger partial charge in [-0.1, -0.05) is 18.2 Å². The molecule has 6 heteroatoms. The summed E-state index contributed by atoms with van der Waals surface area (Å²) < 4.78 is 16.8. The lowest BCUT2D eigenvalue weighted by Crippen LogP contribution is -2.07. The molecular weight excluding hydrogens is 358 g/mol. The number of thioether (sulfide) groups is 1. The molecule has 25 heavy (non-hydrogen) atoms. The fourth-order valence-corrected chi connectivity index (χ4v) is 2.86. The molecule has 0 heterocycles. The van der Waals surface area contributed by atoms with E-state index in [1.807, 2.05) is 31.2 Å². The van der Waals surface area contributed by atoms with Crippen LogP contribution in [0.3, 0.4) is 0 Å². The van der Waals surface area contributed by atoms with Crippen LogP contribution in [0.4, 0.5) is 5.69 Å². The van der Waals surface area contributed by atoms with Gasteiger partial charge in [-0.25, -0.2) is 0 Å². The summed E-state index contributed by atoms with van der Waals surface area (Å²) in [7, 11) is 0. The summed E-state index contributed by atoms with van der Waals surface area (Å²) >= 11 is 7.58. The maximum Gasteiger partial charge on any atom is 0.163 e. The van der Waals surface area contributed by atoms with E-state index in [1.54, 1.807) is 30.0 Å². The molecule has 0 saturated heterocycles. The van der Waals surface area contributed by atoms with Crippen LogP contribution in [0.15, 0.2) is 59.7 Å². The van der Waals surface area contributed by atoms with E-state index in [1.165, 1.54) is 0 Å². The van der Waals surface area contributed by atoms with Gasteiger partial charge in [-0.2, -0.15) is 0 Å². The molecule has 0 amide bonds. The van der Waals surface area contributed by atoms with Crippen molar-refractivity contribution in [3.8, 4) is 11.5 Å². The lowest BCUT2D eigenvalue weighted by Gasteiger charge is -2.14. The highest BCUT2D eigenvalue weighted by Crippen LogP contribution is 2.30. The third-order valence-electron chi connectivity index (χ3n) is 3.13. The van der Waals surface area contributed by atoms with E-state index in [0.29, 0.717) is 36.2 Å². The molecule has 0 saturated carbocycles. The topological polar surface area (TPSA) is 53.7 Å². The van der Waals surface area contributed by atoms with Crippen LogP contribution in [-0.2, 0) is 4.74 Å². The van der Waals surface area contributed by atoms with Crippen molar-refractivity contribution >= 4 is 29.1 Å². The van der Waals surface area contributed by atoms with Gasteiger partial charge in [0.25, 0.3) is 0 Å². The number of ether oxygens (including phenoxy) is 3. The molecule has 0 aliphatic carbocycles. The zero-order valence-electron chi connectivity index (χ0n) is 14.2. The molecule has 0 aromatic heterocycles. The van der Waals surface area contributed by atoms with Crippen molar-refractivity contribution in [1.29, 1.82) is 0 Å². The molecule has 4 nitrogen and oxygen atoms in total. The number of rotatable bonds is 10. The van der Waals surface area contributed by atoms with E-state index in [2.05, 4.69) is 6.58 Å². The Morgan fingerprint density at radius 2 is 1.88 bits per heavy atom. The Hall–Kier alpha value is -1.98. The number of anilines is 1. The van der Waals surface area contributed by atoms with E-state index in [-0.39, 0.29) is 6.61 Å². The van der Waals surface area contributed by atoms with Gasteiger partial charge in [0.2, 0.25) is 0 Å². The van der Waals surface area contributed by atoms with Crippen molar-refractivity contribution in [1.82, 2.24) is 0 Å². The van der Waals surface area contributed by atoms with Crippen LogP contribution in [0.2, 0.25) is 5.02 Å². The molecule has 2 rings (SSSR count). The molecule has 0 aliphatic heterocycles. The Labute approximate surface area is 157 Å². The Bertz CT molecular complexity index is 692. The van der Waals surface area contributed by atoms with Crippen LogP contribution in [0, 0.1) is 0 Å². The smallest absolute Gasteiger partial charge is 0.163 e. The van der Waals surface area contributed by atoms with Gasteiger partial charge in [0, 0.05) is 27.4 Å². The molecule has 0 unspecified atom stereocenters. The quantitative estimate of drug-likeness (QED) is 0.272. The summed E-state index contributed by atoms with van der Waals surface area (Å²) in [4.78, 5) is 1.15. The van der Waals surface area contributed by atoms with Gasteiger partial charge < -0.3 is 19.9 Å². The van der Waals surface area contributed by atoms with Gasteiger partial charge in [-0.05, 0) is 43.3 Å². The van der Waals surface area contributed by atoms with Gasteiger partial charge in [-0.15, -0.1) is 11.8 Å². The van der Waals surface area contributed by atoms with E-state index < -0.39 is 0 Å². The largest absolute Gasteiger partial charge is 0.495 e. The zero-order valence-corrected chi connectivity index (χ0v) is 15.7. The third-order valence-corrected chi connectivity index (χ3v) is 4.36. The molecule has 0 atom stereocenters. The second-order valence-electron chi connectivity index (χ2n) is 5.12. The monoisotopic (exact) mass is 379 g/mol. The van der Waals surface area contributed by atoms with Gasteiger partial charge in [-0.3, -0.25) is 0 Å². The first-order valence-electron chi connectivity index (χ1n) is 7.92. The highest BCUT2D eigenvalue weighted by atomic mass is 35.5. The summed E-state index contributed by atoms with van der Waals surface area (Å²) in [6.45, 7) is 7.05. The number of hydrogen-bond acceptors (Lipinski definition) is 5. The Balaban J connectivity index is 1.85. The minimum atomic E-state index is 0.257. The second kappa shape index (κ2) is 10.1. The molecule has 0 bridgehead atoms. The SMILES string of the molecule is C=C(COc1cc(N)ccc1OCCSc1ccc(Cl)cc1)OCC. The third kappa shape index (κ3) is 6.80. The van der Waals surface area contributed by atoms with Gasteiger partial charge in [0.1, 0.15) is 12.4 Å². The predicted octanol–water partition coefficient (Wildman–Crippen LogP) is 5.02. The van der Waals surface area contributed by atoms with Gasteiger partial charge >= 0.3 is 0 Å². The molecular formula is C19H22ClNO3S.